The monoisotopic (exact) mass is 257 g/mol. The van der Waals surface area contributed by atoms with Crippen LogP contribution in [0.3, 0.4) is 0 Å². The van der Waals surface area contributed by atoms with E-state index in [1.807, 2.05) is 25.2 Å². The van der Waals surface area contributed by atoms with E-state index in [-0.39, 0.29) is 5.82 Å². The van der Waals surface area contributed by atoms with E-state index in [1.165, 1.54) is 11.6 Å². The first-order valence-corrected chi connectivity index (χ1v) is 6.47. The molecular weight excluding hydrogens is 241 g/mol. The minimum absolute atomic E-state index is 0.206. The van der Waals surface area contributed by atoms with Gasteiger partial charge in [0.25, 0.3) is 0 Å². The summed E-state index contributed by atoms with van der Waals surface area (Å²) in [5, 5.41) is 3.08. The highest BCUT2D eigenvalue weighted by Gasteiger charge is 2.18. The van der Waals surface area contributed by atoms with E-state index >= 15 is 0 Å². The number of para-hydroxylation sites is 1. The Morgan fingerprint density at radius 3 is 2.95 bits per heavy atom. The summed E-state index contributed by atoms with van der Waals surface area (Å²) in [6.45, 7) is 1.37. The Hall–Kier alpha value is -1.87. The molecule has 0 atom stereocenters. The average molecular weight is 257 g/mol. The molecule has 2 aromatic carbocycles. The lowest BCUT2D eigenvalue weighted by Crippen LogP contribution is -2.07. The predicted molar refractivity (Wildman–Crippen MR) is 73.8 cm³/mol. The van der Waals surface area contributed by atoms with Gasteiger partial charge in [0, 0.05) is 18.5 Å². The lowest BCUT2D eigenvalue weighted by Gasteiger charge is -2.13. The molecular formula is C16H16FNO. The highest BCUT2D eigenvalue weighted by molar-refractivity contribution is 5.75. The molecule has 0 saturated heterocycles. The fourth-order valence-corrected chi connectivity index (χ4v) is 2.59. The predicted octanol–water partition coefficient (Wildman–Crippen LogP) is 3.15. The van der Waals surface area contributed by atoms with E-state index in [4.69, 9.17) is 4.74 Å². The standard InChI is InChI=1S/C16H16FNO/c1-18-10-12-9-13(17)5-6-14(12)15-4-2-3-11-7-8-19-16(11)15/h2-6,9,18H,7-8,10H2,1H3. The van der Waals surface area contributed by atoms with Crippen molar-refractivity contribution in [3.8, 4) is 16.9 Å². The molecule has 0 unspecified atom stereocenters. The van der Waals surface area contributed by atoms with Crippen molar-refractivity contribution in [3.63, 3.8) is 0 Å². The number of benzene rings is 2. The minimum Gasteiger partial charge on any atom is -0.492 e. The largest absolute Gasteiger partial charge is 0.492 e. The summed E-state index contributed by atoms with van der Waals surface area (Å²) in [6, 6.07) is 11.1. The molecule has 1 heterocycles. The molecule has 1 aliphatic heterocycles. The van der Waals surface area contributed by atoms with Crippen LogP contribution in [0.1, 0.15) is 11.1 Å². The van der Waals surface area contributed by atoms with Crippen LogP contribution in [0.25, 0.3) is 11.1 Å². The van der Waals surface area contributed by atoms with E-state index < -0.39 is 0 Å². The molecule has 2 aromatic rings. The van der Waals surface area contributed by atoms with Crippen molar-refractivity contribution in [2.24, 2.45) is 0 Å². The Balaban J connectivity index is 2.14. The summed E-state index contributed by atoms with van der Waals surface area (Å²) in [5.74, 6) is 0.744. The fraction of sp³-hybridized carbons (Fsp3) is 0.250. The maximum Gasteiger partial charge on any atom is 0.130 e. The van der Waals surface area contributed by atoms with Crippen molar-refractivity contribution in [1.82, 2.24) is 5.32 Å². The zero-order valence-electron chi connectivity index (χ0n) is 10.9. The third kappa shape index (κ3) is 2.22. The van der Waals surface area contributed by atoms with Crippen LogP contribution in [0.2, 0.25) is 0 Å². The van der Waals surface area contributed by atoms with Crippen LogP contribution in [0.4, 0.5) is 4.39 Å². The van der Waals surface area contributed by atoms with Crippen molar-refractivity contribution < 1.29 is 9.13 Å². The zero-order valence-corrected chi connectivity index (χ0v) is 10.9. The second-order valence-electron chi connectivity index (χ2n) is 4.72. The van der Waals surface area contributed by atoms with E-state index in [0.29, 0.717) is 6.54 Å². The number of hydrogen-bond acceptors (Lipinski definition) is 2. The molecule has 0 bridgehead atoms. The molecule has 0 aromatic heterocycles. The van der Waals surface area contributed by atoms with Crippen LogP contribution in [-0.4, -0.2) is 13.7 Å². The topological polar surface area (TPSA) is 21.3 Å². The Kier molecular flexibility index (Phi) is 3.22. The van der Waals surface area contributed by atoms with Crippen molar-refractivity contribution in [3.05, 3.63) is 53.3 Å². The first kappa shape index (κ1) is 12.2. The van der Waals surface area contributed by atoms with Gasteiger partial charge < -0.3 is 10.1 Å². The van der Waals surface area contributed by atoms with Gasteiger partial charge in [-0.25, -0.2) is 4.39 Å². The molecule has 0 aliphatic carbocycles. The molecule has 0 radical (unpaired) electrons. The first-order chi connectivity index (χ1) is 9.29. The van der Waals surface area contributed by atoms with Gasteiger partial charge >= 0.3 is 0 Å². The summed E-state index contributed by atoms with van der Waals surface area (Å²) < 4.78 is 19.1. The Bertz CT molecular complexity index is 610. The fourth-order valence-electron chi connectivity index (χ4n) is 2.59. The molecule has 0 saturated carbocycles. The summed E-state index contributed by atoms with van der Waals surface area (Å²) in [6.07, 6.45) is 0.950. The Labute approximate surface area is 112 Å². The second-order valence-corrected chi connectivity index (χ2v) is 4.72. The van der Waals surface area contributed by atoms with Crippen LogP contribution in [0, 0.1) is 5.82 Å². The smallest absolute Gasteiger partial charge is 0.130 e. The van der Waals surface area contributed by atoms with Gasteiger partial charge in [-0.05, 0) is 35.9 Å². The van der Waals surface area contributed by atoms with Crippen LogP contribution in [0.5, 0.6) is 5.75 Å². The molecule has 1 N–H and O–H groups in total. The molecule has 1 aliphatic rings. The van der Waals surface area contributed by atoms with Gasteiger partial charge in [-0.1, -0.05) is 24.3 Å². The van der Waals surface area contributed by atoms with Gasteiger partial charge in [-0.3, -0.25) is 0 Å². The van der Waals surface area contributed by atoms with Crippen molar-refractivity contribution in [2.75, 3.05) is 13.7 Å². The quantitative estimate of drug-likeness (QED) is 0.912. The van der Waals surface area contributed by atoms with Crippen molar-refractivity contribution >= 4 is 0 Å². The molecule has 0 fully saturated rings. The van der Waals surface area contributed by atoms with E-state index in [9.17, 15) is 4.39 Å². The Morgan fingerprint density at radius 1 is 1.21 bits per heavy atom. The van der Waals surface area contributed by atoms with E-state index in [1.54, 1.807) is 6.07 Å². The minimum atomic E-state index is -0.206. The molecule has 0 amide bonds. The van der Waals surface area contributed by atoms with E-state index in [0.717, 1.165) is 35.5 Å². The maximum absolute atomic E-state index is 13.4. The SMILES string of the molecule is CNCc1cc(F)ccc1-c1cccc2c1OCC2. The molecule has 2 nitrogen and oxygen atoms in total. The van der Waals surface area contributed by atoms with Crippen LogP contribution >= 0.6 is 0 Å². The number of halogens is 1. The van der Waals surface area contributed by atoms with Crippen LogP contribution in [0.15, 0.2) is 36.4 Å². The molecule has 0 spiro atoms. The van der Waals surface area contributed by atoms with Crippen molar-refractivity contribution in [2.45, 2.75) is 13.0 Å². The van der Waals surface area contributed by atoms with E-state index in [2.05, 4.69) is 11.4 Å². The van der Waals surface area contributed by atoms with Gasteiger partial charge in [0.15, 0.2) is 0 Å². The second kappa shape index (κ2) is 5.02. The Morgan fingerprint density at radius 2 is 2.11 bits per heavy atom. The summed E-state index contributed by atoms with van der Waals surface area (Å²) in [4.78, 5) is 0. The molecule has 3 heteroatoms. The summed E-state index contributed by atoms with van der Waals surface area (Å²) in [7, 11) is 1.86. The number of fused-ring (bicyclic) bond motifs is 1. The van der Waals surface area contributed by atoms with Gasteiger partial charge in [0.2, 0.25) is 0 Å². The summed E-state index contributed by atoms with van der Waals surface area (Å²) >= 11 is 0. The zero-order chi connectivity index (χ0) is 13.2. The average Bonchev–Trinajstić information content (AvgIpc) is 2.88. The van der Waals surface area contributed by atoms with Gasteiger partial charge in [-0.2, -0.15) is 0 Å². The highest BCUT2D eigenvalue weighted by atomic mass is 19.1. The number of rotatable bonds is 3. The lowest BCUT2D eigenvalue weighted by atomic mass is 9.96. The van der Waals surface area contributed by atoms with Gasteiger partial charge in [0.05, 0.1) is 6.61 Å². The maximum atomic E-state index is 13.4. The molecule has 98 valence electrons. The van der Waals surface area contributed by atoms with Crippen molar-refractivity contribution in [1.29, 1.82) is 0 Å². The van der Waals surface area contributed by atoms with Crippen LogP contribution in [-0.2, 0) is 13.0 Å². The highest BCUT2D eigenvalue weighted by Crippen LogP contribution is 2.38. The normalized spacial score (nSPS) is 13.2. The molecule has 3 rings (SSSR count). The van der Waals surface area contributed by atoms with Gasteiger partial charge in [-0.15, -0.1) is 0 Å². The lowest BCUT2D eigenvalue weighted by molar-refractivity contribution is 0.358. The first-order valence-electron chi connectivity index (χ1n) is 6.47. The summed E-state index contributed by atoms with van der Waals surface area (Å²) in [5.41, 5.74) is 4.28. The third-order valence-electron chi connectivity index (χ3n) is 3.44. The molecule has 19 heavy (non-hydrogen) atoms. The van der Waals surface area contributed by atoms with Crippen LogP contribution < -0.4 is 10.1 Å². The third-order valence-corrected chi connectivity index (χ3v) is 3.44. The number of hydrogen-bond donors (Lipinski definition) is 1. The van der Waals surface area contributed by atoms with Gasteiger partial charge in [0.1, 0.15) is 11.6 Å². The number of ether oxygens (including phenoxy) is 1. The number of nitrogens with one attached hydrogen (secondary N) is 1.